The van der Waals surface area contributed by atoms with Crippen LogP contribution in [-0.2, 0) is 11.2 Å². The molecule has 2 aliphatic heterocycles. The molecule has 37 heavy (non-hydrogen) atoms. The number of hydrogen-bond donors (Lipinski definition) is 2. The van der Waals surface area contributed by atoms with E-state index in [1.165, 1.54) is 19.3 Å². The monoisotopic (exact) mass is 528 g/mol. The average molecular weight is 529 g/mol. The molecular weight excluding hydrogens is 496 g/mol. The summed E-state index contributed by atoms with van der Waals surface area (Å²) in [7, 11) is 0. The Morgan fingerprint density at radius 3 is 2.84 bits per heavy atom. The number of tetrazole rings is 1. The fraction of sp³-hybridized carbons (Fsp3) is 0.560. The molecule has 5 heterocycles. The maximum Gasteiger partial charge on any atom is 0.325 e. The summed E-state index contributed by atoms with van der Waals surface area (Å²) in [6.07, 6.45) is 7.78. The summed E-state index contributed by atoms with van der Waals surface area (Å²) in [4.78, 5) is 24.0. The van der Waals surface area contributed by atoms with Crippen LogP contribution in [0.3, 0.4) is 0 Å². The second-order valence-electron chi connectivity index (χ2n) is 9.83. The Morgan fingerprint density at radius 2 is 2.00 bits per heavy atom. The van der Waals surface area contributed by atoms with Gasteiger partial charge in [-0.3, -0.25) is 4.98 Å². The Hall–Kier alpha value is -3.02. The molecule has 2 aliphatic rings. The highest BCUT2D eigenvalue weighted by Crippen LogP contribution is 2.25. The molecule has 198 valence electrons. The molecule has 0 bridgehead atoms. The Labute approximate surface area is 220 Å². The second kappa shape index (κ2) is 11.6. The average Bonchev–Trinajstić information content (AvgIpc) is 3.51. The summed E-state index contributed by atoms with van der Waals surface area (Å²) in [6.45, 7) is 4.65. The number of aromatic nitrogens is 7. The molecule has 2 fully saturated rings. The molecule has 1 aromatic carbocycles. The zero-order valence-electron chi connectivity index (χ0n) is 20.8. The highest BCUT2D eigenvalue weighted by molar-refractivity contribution is 5.90. The maximum atomic E-state index is 11.5. The molecule has 0 spiro atoms. The van der Waals surface area contributed by atoms with E-state index in [0.717, 1.165) is 74.4 Å². The third-order valence-electron chi connectivity index (χ3n) is 7.28. The zero-order chi connectivity index (χ0) is 24.3. The first kappa shape index (κ1) is 25.6. The normalized spacial score (nSPS) is 19.3. The Morgan fingerprint density at radius 1 is 1.11 bits per heavy atom. The van der Waals surface area contributed by atoms with Crippen molar-refractivity contribution >= 4 is 34.5 Å². The number of aromatic amines is 2. The number of H-pyrrole nitrogens is 2. The number of rotatable bonds is 8. The number of aryl methyl sites for hydroxylation is 1. The van der Waals surface area contributed by atoms with E-state index < -0.39 is 0 Å². The van der Waals surface area contributed by atoms with Crippen LogP contribution in [0, 0.1) is 0 Å². The largest absolute Gasteiger partial charge is 0.494 e. The van der Waals surface area contributed by atoms with E-state index in [9.17, 15) is 4.79 Å². The van der Waals surface area contributed by atoms with Crippen LogP contribution >= 0.6 is 12.4 Å². The molecule has 2 saturated heterocycles. The first-order valence-electron chi connectivity index (χ1n) is 13.0. The van der Waals surface area contributed by atoms with Gasteiger partial charge >= 0.3 is 5.69 Å². The minimum absolute atomic E-state index is 0. The van der Waals surface area contributed by atoms with Crippen LogP contribution in [0.5, 0.6) is 5.75 Å². The van der Waals surface area contributed by atoms with E-state index in [0.29, 0.717) is 29.9 Å². The van der Waals surface area contributed by atoms with E-state index >= 15 is 0 Å². The van der Waals surface area contributed by atoms with E-state index in [1.54, 1.807) is 0 Å². The SMILES string of the molecule is Cl.O=c1[nH]c2cc3cc(OCCCc4nnnn4C4CCN(CC5CCCCO5)CC4)ccc3nc2[nH]1. The lowest BCUT2D eigenvalue weighted by Crippen LogP contribution is -2.41. The molecule has 0 saturated carbocycles. The van der Waals surface area contributed by atoms with Gasteiger partial charge in [0.15, 0.2) is 11.5 Å². The van der Waals surface area contributed by atoms with Crippen molar-refractivity contribution in [3.05, 3.63) is 40.6 Å². The number of pyridine rings is 1. The van der Waals surface area contributed by atoms with Crippen molar-refractivity contribution in [1.82, 2.24) is 40.1 Å². The summed E-state index contributed by atoms with van der Waals surface area (Å²) >= 11 is 0. The molecule has 4 aromatic rings. The smallest absolute Gasteiger partial charge is 0.325 e. The summed E-state index contributed by atoms with van der Waals surface area (Å²) < 4.78 is 13.9. The zero-order valence-corrected chi connectivity index (χ0v) is 21.6. The molecule has 12 heteroatoms. The Balaban J connectivity index is 0.00000280. The van der Waals surface area contributed by atoms with Crippen molar-refractivity contribution in [3.8, 4) is 5.75 Å². The molecule has 3 aromatic heterocycles. The van der Waals surface area contributed by atoms with Gasteiger partial charge in [-0.1, -0.05) is 0 Å². The van der Waals surface area contributed by atoms with E-state index in [1.807, 2.05) is 28.9 Å². The molecule has 11 nitrogen and oxygen atoms in total. The fourth-order valence-corrected chi connectivity index (χ4v) is 5.36. The van der Waals surface area contributed by atoms with Crippen LogP contribution in [0.2, 0.25) is 0 Å². The van der Waals surface area contributed by atoms with Crippen molar-refractivity contribution in [3.63, 3.8) is 0 Å². The summed E-state index contributed by atoms with van der Waals surface area (Å²) in [5.41, 5.74) is 1.79. The Bertz CT molecular complexity index is 1370. The van der Waals surface area contributed by atoms with Crippen LogP contribution in [0.4, 0.5) is 0 Å². The number of imidazole rings is 1. The van der Waals surface area contributed by atoms with Gasteiger partial charge in [-0.05, 0) is 73.2 Å². The third kappa shape index (κ3) is 5.94. The molecule has 0 amide bonds. The highest BCUT2D eigenvalue weighted by Gasteiger charge is 2.26. The number of fused-ring (bicyclic) bond motifs is 2. The quantitative estimate of drug-likeness (QED) is 0.334. The highest BCUT2D eigenvalue weighted by atomic mass is 35.5. The first-order chi connectivity index (χ1) is 17.7. The minimum atomic E-state index is -0.258. The molecule has 2 N–H and O–H groups in total. The number of piperidine rings is 1. The van der Waals surface area contributed by atoms with Gasteiger partial charge in [0.25, 0.3) is 0 Å². The van der Waals surface area contributed by atoms with Gasteiger partial charge in [-0.2, -0.15) is 0 Å². The van der Waals surface area contributed by atoms with Crippen LogP contribution in [0.25, 0.3) is 22.1 Å². The number of halogens is 1. The molecule has 0 aliphatic carbocycles. The summed E-state index contributed by atoms with van der Waals surface area (Å²) in [5.74, 6) is 1.70. The van der Waals surface area contributed by atoms with Gasteiger partial charge in [0.05, 0.1) is 29.8 Å². The van der Waals surface area contributed by atoms with Gasteiger partial charge in [0.2, 0.25) is 0 Å². The summed E-state index contributed by atoms with van der Waals surface area (Å²) in [6, 6.07) is 8.02. The number of benzene rings is 1. The molecule has 1 unspecified atom stereocenters. The van der Waals surface area contributed by atoms with Crippen LogP contribution in [0.15, 0.2) is 29.1 Å². The standard InChI is InChI=1S/C25H32N8O3.ClH/c34-25-27-22-15-17-14-19(6-7-21(17)26-24(22)28-25)35-13-3-5-23-29-30-31-33(23)18-8-10-32(11-9-18)16-20-4-1-2-12-36-20;/h6-7,14-15,18,20H,1-5,8-13,16H2,(H2,26,27,28,34);1H. The third-order valence-corrected chi connectivity index (χ3v) is 7.28. The van der Waals surface area contributed by atoms with Crippen molar-refractivity contribution in [1.29, 1.82) is 0 Å². The number of nitrogens with zero attached hydrogens (tertiary/aromatic N) is 6. The van der Waals surface area contributed by atoms with E-state index in [2.05, 4.69) is 35.4 Å². The number of likely N-dealkylation sites (tertiary alicyclic amines) is 1. The van der Waals surface area contributed by atoms with Gasteiger partial charge in [-0.15, -0.1) is 17.5 Å². The van der Waals surface area contributed by atoms with Crippen LogP contribution in [0.1, 0.15) is 50.4 Å². The lowest BCUT2D eigenvalue weighted by Gasteiger charge is -2.35. The van der Waals surface area contributed by atoms with Crippen LogP contribution in [-0.4, -0.2) is 79.0 Å². The lowest BCUT2D eigenvalue weighted by atomic mass is 10.0. The van der Waals surface area contributed by atoms with Crippen molar-refractivity contribution in [2.45, 2.75) is 57.1 Å². The predicted octanol–water partition coefficient (Wildman–Crippen LogP) is 3.03. The van der Waals surface area contributed by atoms with Gasteiger partial charge in [0.1, 0.15) is 5.75 Å². The first-order valence-corrected chi connectivity index (χ1v) is 13.0. The van der Waals surface area contributed by atoms with Crippen molar-refractivity contribution in [2.75, 3.05) is 32.8 Å². The Kier molecular flexibility index (Phi) is 8.02. The van der Waals surface area contributed by atoms with Crippen molar-refractivity contribution in [2.24, 2.45) is 0 Å². The van der Waals surface area contributed by atoms with E-state index in [-0.39, 0.29) is 18.1 Å². The van der Waals surface area contributed by atoms with Crippen molar-refractivity contribution < 1.29 is 9.47 Å². The predicted molar refractivity (Wildman–Crippen MR) is 141 cm³/mol. The minimum Gasteiger partial charge on any atom is -0.494 e. The van der Waals surface area contributed by atoms with E-state index in [4.69, 9.17) is 9.47 Å². The molecule has 6 rings (SSSR count). The molecular formula is C25H33ClN8O3. The van der Waals surface area contributed by atoms with Crippen LogP contribution < -0.4 is 10.4 Å². The molecule has 0 radical (unpaired) electrons. The van der Waals surface area contributed by atoms with Gasteiger partial charge < -0.3 is 19.4 Å². The fourth-order valence-electron chi connectivity index (χ4n) is 5.36. The van der Waals surface area contributed by atoms with Gasteiger partial charge in [-0.25, -0.2) is 14.5 Å². The topological polar surface area (TPSA) is 127 Å². The number of hydrogen-bond acceptors (Lipinski definition) is 8. The number of nitrogens with one attached hydrogen (secondary N) is 2. The lowest BCUT2D eigenvalue weighted by molar-refractivity contribution is -0.0112. The molecule has 1 atom stereocenters. The van der Waals surface area contributed by atoms with Gasteiger partial charge in [0, 0.05) is 38.0 Å². The maximum absolute atomic E-state index is 11.5. The summed E-state index contributed by atoms with van der Waals surface area (Å²) in [5, 5.41) is 13.5. The second-order valence-corrected chi connectivity index (χ2v) is 9.83. The number of ether oxygens (including phenoxy) is 2.